The number of nitrogens with one attached hydrogen (secondary N) is 1. The van der Waals surface area contributed by atoms with Crippen LogP contribution in [-0.4, -0.2) is 16.5 Å². The number of nitrogens with two attached hydrogens (primary N) is 1. The van der Waals surface area contributed by atoms with Crippen molar-refractivity contribution in [2.24, 2.45) is 5.73 Å². The minimum absolute atomic E-state index is 0.00759. The molecule has 0 saturated heterocycles. The molecule has 0 bridgehead atoms. The average molecular weight is 282 g/mol. The standard InChI is InChI=1S/C8H15IN2O/c1-6(5-10)3-4-8(9)11-7(2)12/h3,8H,4-5,10H2,1-2H3,(H,11,12)/b6-3-. The third-order valence-corrected chi connectivity index (χ3v) is 2.18. The molecular formula is C8H15IN2O. The van der Waals surface area contributed by atoms with E-state index in [4.69, 9.17) is 5.73 Å². The molecule has 0 saturated carbocycles. The number of hydrogen-bond acceptors (Lipinski definition) is 2. The van der Waals surface area contributed by atoms with Gasteiger partial charge in [0.1, 0.15) is 0 Å². The molecule has 0 rings (SSSR count). The maximum Gasteiger partial charge on any atom is 0.217 e. The molecule has 4 heteroatoms. The number of carbonyl (C=O) groups is 1. The number of halogens is 1. The summed E-state index contributed by atoms with van der Waals surface area (Å²) in [7, 11) is 0. The molecule has 0 aromatic carbocycles. The van der Waals surface area contributed by atoms with Gasteiger partial charge in [-0.3, -0.25) is 4.79 Å². The Hall–Kier alpha value is -0.100. The molecule has 0 aliphatic heterocycles. The van der Waals surface area contributed by atoms with E-state index in [2.05, 4.69) is 27.9 Å². The van der Waals surface area contributed by atoms with E-state index in [1.54, 1.807) is 0 Å². The largest absolute Gasteiger partial charge is 0.344 e. The van der Waals surface area contributed by atoms with E-state index in [1.807, 2.05) is 13.0 Å². The van der Waals surface area contributed by atoms with E-state index in [9.17, 15) is 4.79 Å². The van der Waals surface area contributed by atoms with Crippen molar-refractivity contribution >= 4 is 28.5 Å². The quantitative estimate of drug-likeness (QED) is 0.352. The summed E-state index contributed by atoms with van der Waals surface area (Å²) in [6.45, 7) is 4.09. The Kier molecular flexibility index (Phi) is 6.37. The van der Waals surface area contributed by atoms with Crippen LogP contribution in [0.25, 0.3) is 0 Å². The Morgan fingerprint density at radius 2 is 2.25 bits per heavy atom. The monoisotopic (exact) mass is 282 g/mol. The van der Waals surface area contributed by atoms with Gasteiger partial charge in [0.25, 0.3) is 0 Å². The normalized spacial score (nSPS) is 14.2. The van der Waals surface area contributed by atoms with Crippen LogP contribution in [0.1, 0.15) is 20.3 Å². The number of hydrogen-bond donors (Lipinski definition) is 2. The molecule has 0 aromatic heterocycles. The first-order valence-corrected chi connectivity index (χ1v) is 5.07. The highest BCUT2D eigenvalue weighted by atomic mass is 127. The Balaban J connectivity index is 3.70. The molecule has 1 atom stereocenters. The second-order valence-corrected chi connectivity index (χ2v) is 4.16. The third kappa shape index (κ3) is 6.60. The van der Waals surface area contributed by atoms with Crippen molar-refractivity contribution in [3.8, 4) is 0 Å². The van der Waals surface area contributed by atoms with Crippen LogP contribution < -0.4 is 11.1 Å². The Labute approximate surface area is 86.9 Å². The van der Waals surface area contributed by atoms with Gasteiger partial charge in [0.15, 0.2) is 0 Å². The summed E-state index contributed by atoms with van der Waals surface area (Å²) in [5.74, 6) is 0.00759. The van der Waals surface area contributed by atoms with Gasteiger partial charge in [-0.05, 0) is 13.3 Å². The number of carbonyl (C=O) groups excluding carboxylic acids is 1. The molecule has 0 spiro atoms. The highest BCUT2D eigenvalue weighted by Gasteiger charge is 2.01. The summed E-state index contributed by atoms with van der Waals surface area (Å²) in [6, 6.07) is 0. The van der Waals surface area contributed by atoms with Crippen molar-refractivity contribution in [1.29, 1.82) is 0 Å². The molecular weight excluding hydrogens is 267 g/mol. The summed E-state index contributed by atoms with van der Waals surface area (Å²) < 4.78 is 0.168. The zero-order valence-electron chi connectivity index (χ0n) is 7.43. The smallest absolute Gasteiger partial charge is 0.217 e. The maximum absolute atomic E-state index is 10.6. The second-order valence-electron chi connectivity index (χ2n) is 2.66. The lowest BCUT2D eigenvalue weighted by atomic mass is 10.2. The number of alkyl halides is 1. The Morgan fingerprint density at radius 3 is 2.67 bits per heavy atom. The van der Waals surface area contributed by atoms with E-state index < -0.39 is 0 Å². The SMILES string of the molecule is CC(=O)NC(I)C/C=C(/C)CN. The molecule has 0 aliphatic carbocycles. The van der Waals surface area contributed by atoms with Crippen LogP contribution in [0.2, 0.25) is 0 Å². The van der Waals surface area contributed by atoms with E-state index in [-0.39, 0.29) is 9.96 Å². The predicted molar refractivity (Wildman–Crippen MR) is 59.1 cm³/mol. The molecule has 0 aromatic rings. The summed E-state index contributed by atoms with van der Waals surface area (Å²) in [5, 5.41) is 2.78. The minimum atomic E-state index is 0.00759. The molecule has 0 fully saturated rings. The van der Waals surface area contributed by atoms with Gasteiger partial charge < -0.3 is 11.1 Å². The lowest BCUT2D eigenvalue weighted by molar-refractivity contribution is -0.119. The van der Waals surface area contributed by atoms with Crippen LogP contribution in [0.3, 0.4) is 0 Å². The Morgan fingerprint density at radius 1 is 1.67 bits per heavy atom. The summed E-state index contributed by atoms with van der Waals surface area (Å²) >= 11 is 2.19. The first-order valence-electron chi connectivity index (χ1n) is 3.83. The zero-order chi connectivity index (χ0) is 9.56. The van der Waals surface area contributed by atoms with Crippen LogP contribution in [0.5, 0.6) is 0 Å². The van der Waals surface area contributed by atoms with Crippen molar-refractivity contribution in [3.05, 3.63) is 11.6 Å². The van der Waals surface area contributed by atoms with Gasteiger partial charge in [-0.2, -0.15) is 0 Å². The van der Waals surface area contributed by atoms with Gasteiger partial charge in [0, 0.05) is 13.5 Å². The predicted octanol–water partition coefficient (Wildman–Crippen LogP) is 1.18. The van der Waals surface area contributed by atoms with Crippen LogP contribution >= 0.6 is 22.6 Å². The molecule has 0 aliphatic rings. The minimum Gasteiger partial charge on any atom is -0.344 e. The average Bonchev–Trinajstić information content (AvgIpc) is 1.99. The van der Waals surface area contributed by atoms with Crippen molar-refractivity contribution in [3.63, 3.8) is 0 Å². The fourth-order valence-electron chi connectivity index (χ4n) is 0.667. The maximum atomic E-state index is 10.6. The van der Waals surface area contributed by atoms with Gasteiger partial charge in [0.2, 0.25) is 5.91 Å². The molecule has 1 unspecified atom stereocenters. The van der Waals surface area contributed by atoms with Crippen molar-refractivity contribution in [1.82, 2.24) is 5.32 Å². The van der Waals surface area contributed by atoms with Crippen LogP contribution in [0.15, 0.2) is 11.6 Å². The van der Waals surface area contributed by atoms with Crippen molar-refractivity contribution < 1.29 is 4.79 Å². The van der Waals surface area contributed by atoms with E-state index in [1.165, 1.54) is 6.92 Å². The summed E-state index contributed by atoms with van der Waals surface area (Å²) in [4.78, 5) is 10.6. The Bertz CT molecular complexity index is 180. The third-order valence-electron chi connectivity index (χ3n) is 1.36. The molecule has 3 N–H and O–H groups in total. The topological polar surface area (TPSA) is 55.1 Å². The van der Waals surface area contributed by atoms with Crippen LogP contribution in [0, 0.1) is 0 Å². The highest BCUT2D eigenvalue weighted by molar-refractivity contribution is 14.1. The van der Waals surface area contributed by atoms with Gasteiger partial charge in [-0.1, -0.05) is 34.2 Å². The zero-order valence-corrected chi connectivity index (χ0v) is 9.59. The molecule has 3 nitrogen and oxygen atoms in total. The molecule has 12 heavy (non-hydrogen) atoms. The lowest BCUT2D eigenvalue weighted by Crippen LogP contribution is -2.27. The van der Waals surface area contributed by atoms with Crippen LogP contribution in [0.4, 0.5) is 0 Å². The highest BCUT2D eigenvalue weighted by Crippen LogP contribution is 2.04. The van der Waals surface area contributed by atoms with Crippen molar-refractivity contribution in [2.75, 3.05) is 6.54 Å². The molecule has 70 valence electrons. The van der Waals surface area contributed by atoms with Crippen LogP contribution in [-0.2, 0) is 4.79 Å². The first kappa shape index (κ1) is 11.9. The van der Waals surface area contributed by atoms with E-state index >= 15 is 0 Å². The lowest BCUT2D eigenvalue weighted by Gasteiger charge is -2.07. The van der Waals surface area contributed by atoms with Crippen molar-refractivity contribution in [2.45, 2.75) is 24.3 Å². The van der Waals surface area contributed by atoms with Gasteiger partial charge in [-0.15, -0.1) is 0 Å². The van der Waals surface area contributed by atoms with E-state index in [0.29, 0.717) is 6.54 Å². The number of rotatable bonds is 4. The van der Waals surface area contributed by atoms with Gasteiger partial charge >= 0.3 is 0 Å². The fraction of sp³-hybridized carbons (Fsp3) is 0.625. The molecule has 1 amide bonds. The fourth-order valence-corrected chi connectivity index (χ4v) is 1.36. The first-order chi connectivity index (χ1) is 5.56. The van der Waals surface area contributed by atoms with Gasteiger partial charge in [-0.25, -0.2) is 0 Å². The van der Waals surface area contributed by atoms with E-state index in [0.717, 1.165) is 12.0 Å². The summed E-state index contributed by atoms with van der Waals surface area (Å²) in [5.41, 5.74) is 6.56. The number of amides is 1. The summed E-state index contributed by atoms with van der Waals surface area (Å²) in [6.07, 6.45) is 2.89. The molecule has 0 radical (unpaired) electrons. The van der Waals surface area contributed by atoms with Gasteiger partial charge in [0.05, 0.1) is 4.05 Å². The molecule has 0 heterocycles. The second kappa shape index (κ2) is 6.42.